The van der Waals surface area contributed by atoms with Gasteiger partial charge in [-0.1, -0.05) is 30.3 Å². The number of carboxylic acids is 1. The molecule has 0 bridgehead atoms. The maximum absolute atomic E-state index is 12.4. The Bertz CT molecular complexity index is 700. The number of benzene rings is 1. The van der Waals surface area contributed by atoms with E-state index in [1.54, 1.807) is 11.9 Å². The van der Waals surface area contributed by atoms with Crippen molar-refractivity contribution in [1.29, 1.82) is 0 Å². The van der Waals surface area contributed by atoms with Crippen LogP contribution in [-0.2, 0) is 5.41 Å². The van der Waals surface area contributed by atoms with Gasteiger partial charge in [-0.3, -0.25) is 4.79 Å². The van der Waals surface area contributed by atoms with Crippen molar-refractivity contribution in [2.75, 3.05) is 13.6 Å². The number of likely N-dealkylation sites (N-methyl/N-ethyl adjacent to an activating group) is 1. The van der Waals surface area contributed by atoms with Crippen molar-refractivity contribution in [2.24, 2.45) is 0 Å². The van der Waals surface area contributed by atoms with Gasteiger partial charge in [-0.05, 0) is 30.5 Å². The van der Waals surface area contributed by atoms with Crippen molar-refractivity contribution < 1.29 is 19.1 Å². The van der Waals surface area contributed by atoms with E-state index in [0.29, 0.717) is 6.54 Å². The van der Waals surface area contributed by atoms with Crippen LogP contribution in [0.5, 0.6) is 0 Å². The van der Waals surface area contributed by atoms with Crippen LogP contribution in [0.4, 0.5) is 0 Å². The Labute approximate surface area is 128 Å². The van der Waals surface area contributed by atoms with Crippen molar-refractivity contribution in [1.82, 2.24) is 4.90 Å². The SMILES string of the molecule is CN(CC1(c2ccccc2)CC1)C(=O)c1ccc(C(=O)O)o1. The summed E-state index contributed by atoms with van der Waals surface area (Å²) >= 11 is 0. The molecule has 1 aromatic heterocycles. The highest BCUT2D eigenvalue weighted by molar-refractivity contribution is 5.93. The smallest absolute Gasteiger partial charge is 0.371 e. The van der Waals surface area contributed by atoms with Crippen LogP contribution in [0.25, 0.3) is 0 Å². The van der Waals surface area contributed by atoms with Gasteiger partial charge in [0, 0.05) is 19.0 Å². The summed E-state index contributed by atoms with van der Waals surface area (Å²) in [6, 6.07) is 12.9. The molecule has 1 amide bonds. The van der Waals surface area contributed by atoms with Crippen molar-refractivity contribution in [3.8, 4) is 0 Å². The number of aromatic carboxylic acids is 1. The van der Waals surface area contributed by atoms with Gasteiger partial charge < -0.3 is 14.4 Å². The van der Waals surface area contributed by atoms with Gasteiger partial charge in [-0.25, -0.2) is 4.79 Å². The average Bonchev–Trinajstić information content (AvgIpc) is 3.13. The second kappa shape index (κ2) is 5.33. The predicted octanol–water partition coefficient (Wildman–Crippen LogP) is 2.78. The van der Waals surface area contributed by atoms with Gasteiger partial charge in [0.1, 0.15) is 0 Å². The van der Waals surface area contributed by atoms with Gasteiger partial charge in [0.25, 0.3) is 5.91 Å². The lowest BCUT2D eigenvalue weighted by Crippen LogP contribution is -2.34. The first-order chi connectivity index (χ1) is 10.5. The topological polar surface area (TPSA) is 70.8 Å². The molecule has 5 heteroatoms. The standard InChI is InChI=1S/C17H17NO4/c1-18(15(19)13-7-8-14(22-13)16(20)21)11-17(9-10-17)12-5-3-2-4-6-12/h2-8H,9-11H2,1H3,(H,20,21). The van der Waals surface area contributed by atoms with Crippen LogP contribution in [0.2, 0.25) is 0 Å². The first kappa shape index (κ1) is 14.4. The van der Waals surface area contributed by atoms with E-state index >= 15 is 0 Å². The lowest BCUT2D eigenvalue weighted by molar-refractivity contribution is 0.0652. The fraction of sp³-hybridized carbons (Fsp3) is 0.294. The van der Waals surface area contributed by atoms with E-state index in [0.717, 1.165) is 12.8 Å². The van der Waals surface area contributed by atoms with Crippen LogP contribution in [0.3, 0.4) is 0 Å². The van der Waals surface area contributed by atoms with Crippen LogP contribution in [-0.4, -0.2) is 35.5 Å². The van der Waals surface area contributed by atoms with Crippen molar-refractivity contribution in [3.05, 3.63) is 59.5 Å². The number of furan rings is 1. The van der Waals surface area contributed by atoms with Crippen LogP contribution < -0.4 is 0 Å². The van der Waals surface area contributed by atoms with Gasteiger partial charge in [0.2, 0.25) is 5.76 Å². The maximum atomic E-state index is 12.4. The van der Waals surface area contributed by atoms with E-state index in [1.165, 1.54) is 17.7 Å². The Hall–Kier alpha value is -2.56. The second-order valence-electron chi connectivity index (χ2n) is 5.78. The Kier molecular flexibility index (Phi) is 3.48. The summed E-state index contributed by atoms with van der Waals surface area (Å²) in [6.45, 7) is 0.596. The third kappa shape index (κ3) is 2.62. The van der Waals surface area contributed by atoms with E-state index in [-0.39, 0.29) is 22.8 Å². The molecule has 3 rings (SSSR count). The quantitative estimate of drug-likeness (QED) is 0.921. The zero-order chi connectivity index (χ0) is 15.7. The molecule has 2 aromatic rings. The molecule has 1 aromatic carbocycles. The minimum atomic E-state index is -1.18. The number of carboxylic acid groups (broad SMARTS) is 1. The molecule has 5 nitrogen and oxygen atoms in total. The summed E-state index contributed by atoms with van der Waals surface area (Å²) in [4.78, 5) is 24.8. The molecule has 0 atom stereocenters. The lowest BCUT2D eigenvalue weighted by Gasteiger charge is -2.23. The minimum absolute atomic E-state index is 0.0217. The molecule has 1 aliphatic carbocycles. The average molecular weight is 299 g/mol. The molecule has 22 heavy (non-hydrogen) atoms. The Morgan fingerprint density at radius 1 is 1.14 bits per heavy atom. The first-order valence-corrected chi connectivity index (χ1v) is 7.16. The summed E-state index contributed by atoms with van der Waals surface area (Å²) in [7, 11) is 1.72. The van der Waals surface area contributed by atoms with Gasteiger partial charge in [-0.15, -0.1) is 0 Å². The molecular formula is C17H17NO4. The van der Waals surface area contributed by atoms with E-state index in [9.17, 15) is 9.59 Å². The summed E-state index contributed by atoms with van der Waals surface area (Å²) < 4.78 is 5.08. The Morgan fingerprint density at radius 2 is 1.77 bits per heavy atom. The van der Waals surface area contributed by atoms with Crippen LogP contribution in [0.1, 0.15) is 39.5 Å². The highest BCUT2D eigenvalue weighted by atomic mass is 16.4. The van der Waals surface area contributed by atoms with Gasteiger partial charge >= 0.3 is 5.97 Å². The summed E-state index contributed by atoms with van der Waals surface area (Å²) in [5, 5.41) is 8.85. The Morgan fingerprint density at radius 3 is 2.32 bits per heavy atom. The third-order valence-electron chi connectivity index (χ3n) is 4.15. The van der Waals surface area contributed by atoms with Crippen LogP contribution in [0, 0.1) is 0 Å². The first-order valence-electron chi connectivity index (χ1n) is 7.16. The van der Waals surface area contributed by atoms with Gasteiger partial charge in [0.05, 0.1) is 0 Å². The van der Waals surface area contributed by atoms with Crippen molar-refractivity contribution in [3.63, 3.8) is 0 Å². The van der Waals surface area contributed by atoms with Crippen molar-refractivity contribution >= 4 is 11.9 Å². The molecule has 1 fully saturated rings. The zero-order valence-electron chi connectivity index (χ0n) is 12.3. The minimum Gasteiger partial charge on any atom is -0.475 e. The number of hydrogen-bond acceptors (Lipinski definition) is 3. The molecule has 0 unspecified atom stereocenters. The van der Waals surface area contributed by atoms with Crippen molar-refractivity contribution in [2.45, 2.75) is 18.3 Å². The molecule has 1 saturated carbocycles. The molecular weight excluding hydrogens is 282 g/mol. The van der Waals surface area contributed by atoms with Gasteiger partial charge in [-0.2, -0.15) is 0 Å². The fourth-order valence-electron chi connectivity index (χ4n) is 2.76. The number of amides is 1. The summed E-state index contributed by atoms with van der Waals surface area (Å²) in [5.41, 5.74) is 1.26. The monoisotopic (exact) mass is 299 g/mol. The molecule has 1 aliphatic rings. The maximum Gasteiger partial charge on any atom is 0.371 e. The van der Waals surface area contributed by atoms with Gasteiger partial charge in [0.15, 0.2) is 5.76 Å². The highest BCUT2D eigenvalue weighted by Crippen LogP contribution is 2.48. The highest BCUT2D eigenvalue weighted by Gasteiger charge is 2.45. The molecule has 0 spiro atoms. The normalized spacial score (nSPS) is 15.3. The van der Waals surface area contributed by atoms with E-state index in [1.807, 2.05) is 18.2 Å². The molecule has 1 N–H and O–H groups in total. The van der Waals surface area contributed by atoms with E-state index < -0.39 is 5.97 Å². The molecule has 1 heterocycles. The van der Waals surface area contributed by atoms with E-state index in [2.05, 4.69) is 12.1 Å². The number of nitrogens with zero attached hydrogens (tertiary/aromatic N) is 1. The lowest BCUT2D eigenvalue weighted by atomic mass is 9.95. The number of carbonyl (C=O) groups excluding carboxylic acids is 1. The molecule has 114 valence electrons. The third-order valence-corrected chi connectivity index (χ3v) is 4.15. The largest absolute Gasteiger partial charge is 0.475 e. The summed E-state index contributed by atoms with van der Waals surface area (Å²) in [6.07, 6.45) is 2.10. The molecule has 0 radical (unpaired) electrons. The Balaban J connectivity index is 1.73. The second-order valence-corrected chi connectivity index (χ2v) is 5.78. The number of hydrogen-bond donors (Lipinski definition) is 1. The molecule has 0 aliphatic heterocycles. The predicted molar refractivity (Wildman–Crippen MR) is 80.0 cm³/mol. The number of rotatable bonds is 5. The summed E-state index contributed by atoms with van der Waals surface area (Å²) in [5.74, 6) is -1.64. The number of carbonyl (C=O) groups is 2. The fourth-order valence-corrected chi connectivity index (χ4v) is 2.76. The van der Waals surface area contributed by atoms with E-state index in [4.69, 9.17) is 9.52 Å². The van der Waals surface area contributed by atoms with Crippen LogP contribution in [0.15, 0.2) is 46.9 Å². The zero-order valence-corrected chi connectivity index (χ0v) is 12.3. The molecule has 0 saturated heterocycles. The van der Waals surface area contributed by atoms with Crippen LogP contribution >= 0.6 is 0 Å².